The topological polar surface area (TPSA) is 43.4 Å². The Bertz CT molecular complexity index is 419. The Morgan fingerprint density at radius 2 is 1.96 bits per heavy atom. The van der Waals surface area contributed by atoms with E-state index in [4.69, 9.17) is 0 Å². The van der Waals surface area contributed by atoms with E-state index in [-0.39, 0.29) is 11.8 Å². The largest absolute Gasteiger partial charge is 0.469 e. The molecule has 0 aliphatic heterocycles. The van der Waals surface area contributed by atoms with Crippen LogP contribution in [0.3, 0.4) is 0 Å². The number of rotatable bonds is 10. The minimum absolute atomic E-state index is 0.121. The zero-order valence-corrected chi connectivity index (χ0v) is 15.6. The van der Waals surface area contributed by atoms with Gasteiger partial charge in [-0.15, -0.1) is 0 Å². The van der Waals surface area contributed by atoms with Gasteiger partial charge in [0.25, 0.3) is 0 Å². The molecule has 0 saturated heterocycles. The molecule has 0 fully saturated rings. The predicted molar refractivity (Wildman–Crippen MR) is 101 cm³/mol. The molecule has 3 heteroatoms. The highest BCUT2D eigenvalue weighted by atomic mass is 16.5. The van der Waals surface area contributed by atoms with Crippen LogP contribution in [0.25, 0.3) is 0 Å². The van der Waals surface area contributed by atoms with E-state index in [9.17, 15) is 9.59 Å². The minimum atomic E-state index is -0.121. The monoisotopic (exact) mass is 334 g/mol. The van der Waals surface area contributed by atoms with Gasteiger partial charge in [-0.1, -0.05) is 56.6 Å². The molecule has 3 nitrogen and oxygen atoms in total. The molecule has 0 unspecified atom stereocenters. The third-order valence-electron chi connectivity index (χ3n) is 3.79. The lowest BCUT2D eigenvalue weighted by Crippen LogP contribution is -1.98. The van der Waals surface area contributed by atoms with Crippen molar-refractivity contribution in [3.05, 3.63) is 36.5 Å². The standard InChI is InChI=1S/C13H20O.C8H14O2/c1-2-3-4-5-6-7-8-12-9-10-13(14)11-12;1-3-4-5-6-7-8(9)10-2/h7-10,12H,2-6,11H2,1H3;3-4H,5-7H2,1-2H3/b8-7+;4-3-/t12-;/m0./s1. The maximum Gasteiger partial charge on any atom is 0.305 e. The average Bonchev–Trinajstić information content (AvgIpc) is 3.00. The van der Waals surface area contributed by atoms with Crippen molar-refractivity contribution in [3.63, 3.8) is 0 Å². The Kier molecular flexibility index (Phi) is 15.1. The lowest BCUT2D eigenvalue weighted by Gasteiger charge is -1.98. The summed E-state index contributed by atoms with van der Waals surface area (Å²) >= 11 is 0. The Balaban J connectivity index is 0.000000470. The molecule has 0 aromatic heterocycles. The van der Waals surface area contributed by atoms with Crippen LogP contribution in [0.5, 0.6) is 0 Å². The third kappa shape index (κ3) is 14.0. The van der Waals surface area contributed by atoms with Gasteiger partial charge in [0, 0.05) is 18.8 Å². The molecular weight excluding hydrogens is 300 g/mol. The first-order valence-electron chi connectivity index (χ1n) is 9.19. The highest BCUT2D eigenvalue weighted by molar-refractivity contribution is 5.92. The third-order valence-corrected chi connectivity index (χ3v) is 3.79. The molecule has 24 heavy (non-hydrogen) atoms. The number of ether oxygens (including phenoxy) is 1. The maximum atomic E-state index is 10.9. The molecule has 0 heterocycles. The van der Waals surface area contributed by atoms with Crippen molar-refractivity contribution in [2.75, 3.05) is 7.11 Å². The van der Waals surface area contributed by atoms with Crippen molar-refractivity contribution in [2.24, 2.45) is 5.92 Å². The van der Waals surface area contributed by atoms with Gasteiger partial charge >= 0.3 is 5.97 Å². The van der Waals surface area contributed by atoms with E-state index in [0.29, 0.717) is 18.8 Å². The van der Waals surface area contributed by atoms with E-state index in [1.165, 1.54) is 39.2 Å². The number of hydrogen-bond acceptors (Lipinski definition) is 3. The zero-order valence-electron chi connectivity index (χ0n) is 15.6. The van der Waals surface area contributed by atoms with E-state index < -0.39 is 0 Å². The summed E-state index contributed by atoms with van der Waals surface area (Å²) in [7, 11) is 1.41. The normalized spacial score (nSPS) is 16.6. The first-order valence-corrected chi connectivity index (χ1v) is 9.19. The average molecular weight is 335 g/mol. The Hall–Kier alpha value is -1.64. The highest BCUT2D eigenvalue weighted by Crippen LogP contribution is 2.16. The smallest absolute Gasteiger partial charge is 0.305 e. The first kappa shape index (κ1) is 22.4. The van der Waals surface area contributed by atoms with Crippen molar-refractivity contribution in [3.8, 4) is 0 Å². The molecule has 0 radical (unpaired) electrons. The van der Waals surface area contributed by atoms with E-state index >= 15 is 0 Å². The molecule has 0 N–H and O–H groups in total. The molecule has 0 saturated carbocycles. The van der Waals surface area contributed by atoms with Gasteiger partial charge in [0.05, 0.1) is 7.11 Å². The molecule has 136 valence electrons. The minimum Gasteiger partial charge on any atom is -0.469 e. The predicted octanol–water partition coefficient (Wildman–Crippen LogP) is 5.56. The van der Waals surface area contributed by atoms with Crippen LogP contribution in [-0.2, 0) is 14.3 Å². The van der Waals surface area contributed by atoms with Crippen molar-refractivity contribution in [2.45, 2.75) is 71.6 Å². The summed E-state index contributed by atoms with van der Waals surface area (Å²) in [4.78, 5) is 21.4. The number of allylic oxidation sites excluding steroid dienone is 6. The number of methoxy groups -OCH3 is 1. The SMILES string of the molecule is C/C=C\CCCC(=O)OC.CCCCCC/C=C/[C@H]1C=CC(=O)C1. The summed E-state index contributed by atoms with van der Waals surface area (Å²) in [5, 5.41) is 0. The molecule has 0 bridgehead atoms. The van der Waals surface area contributed by atoms with Crippen LogP contribution >= 0.6 is 0 Å². The summed E-state index contributed by atoms with van der Waals surface area (Å²) in [5.41, 5.74) is 0. The van der Waals surface area contributed by atoms with E-state index in [1.807, 2.05) is 25.2 Å². The van der Waals surface area contributed by atoms with E-state index in [2.05, 4.69) is 23.8 Å². The van der Waals surface area contributed by atoms with E-state index in [0.717, 1.165) is 12.8 Å². The van der Waals surface area contributed by atoms with Gasteiger partial charge in [-0.3, -0.25) is 9.59 Å². The van der Waals surface area contributed by atoms with Gasteiger partial charge in [0.15, 0.2) is 5.78 Å². The Morgan fingerprint density at radius 1 is 1.21 bits per heavy atom. The Morgan fingerprint density at radius 3 is 2.54 bits per heavy atom. The number of carbonyl (C=O) groups excluding carboxylic acids is 2. The van der Waals surface area contributed by atoms with Crippen LogP contribution in [-0.4, -0.2) is 18.9 Å². The first-order chi connectivity index (χ1) is 11.6. The molecule has 1 aliphatic carbocycles. The van der Waals surface area contributed by atoms with Crippen LogP contribution < -0.4 is 0 Å². The van der Waals surface area contributed by atoms with Crippen LogP contribution in [0, 0.1) is 5.92 Å². The number of hydrogen-bond donors (Lipinski definition) is 0. The van der Waals surface area contributed by atoms with Gasteiger partial charge in [-0.05, 0) is 38.7 Å². The fraction of sp³-hybridized carbons (Fsp3) is 0.619. The van der Waals surface area contributed by atoms with Gasteiger partial charge in [-0.25, -0.2) is 0 Å². The lowest BCUT2D eigenvalue weighted by atomic mass is 10.1. The summed E-state index contributed by atoms with van der Waals surface area (Å²) in [6.45, 7) is 4.20. The fourth-order valence-corrected chi connectivity index (χ4v) is 2.32. The summed E-state index contributed by atoms with van der Waals surface area (Å²) in [5.74, 6) is 0.531. The van der Waals surface area contributed by atoms with Crippen LogP contribution in [0.4, 0.5) is 0 Å². The molecule has 1 atom stereocenters. The van der Waals surface area contributed by atoms with Gasteiger partial charge < -0.3 is 4.74 Å². The van der Waals surface area contributed by atoms with Crippen LogP contribution in [0.1, 0.15) is 71.6 Å². The van der Waals surface area contributed by atoms with Crippen molar-refractivity contribution in [1.82, 2.24) is 0 Å². The summed E-state index contributed by atoms with van der Waals surface area (Å²) in [6, 6.07) is 0. The van der Waals surface area contributed by atoms with Crippen molar-refractivity contribution < 1.29 is 14.3 Å². The number of carbonyl (C=O) groups is 2. The van der Waals surface area contributed by atoms with Gasteiger partial charge in [0.2, 0.25) is 0 Å². The van der Waals surface area contributed by atoms with Gasteiger partial charge in [-0.2, -0.15) is 0 Å². The number of ketones is 1. The molecule has 1 rings (SSSR count). The Labute approximate surface area is 147 Å². The van der Waals surface area contributed by atoms with Crippen molar-refractivity contribution >= 4 is 11.8 Å². The molecule has 0 aromatic rings. The lowest BCUT2D eigenvalue weighted by molar-refractivity contribution is -0.140. The second-order valence-electron chi connectivity index (χ2n) is 6.01. The molecule has 0 aromatic carbocycles. The van der Waals surface area contributed by atoms with E-state index in [1.54, 1.807) is 6.08 Å². The highest BCUT2D eigenvalue weighted by Gasteiger charge is 2.11. The molecular formula is C21H34O3. The van der Waals surface area contributed by atoms with Gasteiger partial charge in [0.1, 0.15) is 0 Å². The number of unbranched alkanes of at least 4 members (excludes halogenated alkanes) is 5. The molecule has 0 spiro atoms. The molecule has 1 aliphatic rings. The second kappa shape index (κ2) is 16.2. The zero-order chi connectivity index (χ0) is 18.0. The van der Waals surface area contributed by atoms with Crippen LogP contribution in [0.2, 0.25) is 0 Å². The quantitative estimate of drug-likeness (QED) is 0.298. The number of esters is 1. The molecule has 0 amide bonds. The fourth-order valence-electron chi connectivity index (χ4n) is 2.32. The summed E-state index contributed by atoms with van der Waals surface area (Å²) in [6.07, 6.45) is 21.6. The van der Waals surface area contributed by atoms with Crippen molar-refractivity contribution in [1.29, 1.82) is 0 Å². The maximum absolute atomic E-state index is 10.9. The van der Waals surface area contributed by atoms with Crippen LogP contribution in [0.15, 0.2) is 36.5 Å². The summed E-state index contributed by atoms with van der Waals surface area (Å²) < 4.78 is 4.47. The second-order valence-corrected chi connectivity index (χ2v) is 6.01.